The Labute approximate surface area is 126 Å². The fourth-order valence-electron chi connectivity index (χ4n) is 3.60. The second kappa shape index (κ2) is 5.68. The van der Waals surface area contributed by atoms with E-state index in [0.29, 0.717) is 19.1 Å². The number of fused-ring (bicyclic) bond motifs is 1. The van der Waals surface area contributed by atoms with Crippen LogP contribution in [0.1, 0.15) is 42.0 Å². The summed E-state index contributed by atoms with van der Waals surface area (Å²) < 4.78 is 5.80. The standard InChI is InChI=1S/C17H24N2O2/c1-10-6-7-14-15(9-21-16(14)11(10)2)19-17(20)13-5-3-4-12(13)8-18/h6-7,12-13,15H,3-5,8-9,18H2,1-2H3,(H,19,20)/t12-,13-,15?/m1/s1. The third-order valence-corrected chi connectivity index (χ3v) is 5.09. The molecule has 1 fully saturated rings. The molecule has 2 aliphatic rings. The van der Waals surface area contributed by atoms with Crippen molar-refractivity contribution in [3.8, 4) is 5.75 Å². The van der Waals surface area contributed by atoms with Crippen LogP contribution in [-0.4, -0.2) is 19.1 Å². The summed E-state index contributed by atoms with van der Waals surface area (Å²) in [6.45, 7) is 5.29. The van der Waals surface area contributed by atoms with E-state index in [2.05, 4.69) is 31.3 Å². The molecule has 1 aliphatic heterocycles. The number of benzene rings is 1. The first-order valence-corrected chi connectivity index (χ1v) is 7.85. The van der Waals surface area contributed by atoms with E-state index >= 15 is 0 Å². The van der Waals surface area contributed by atoms with Gasteiger partial charge in [0, 0.05) is 11.5 Å². The van der Waals surface area contributed by atoms with Crippen LogP contribution in [0.5, 0.6) is 5.75 Å². The number of hydrogen-bond donors (Lipinski definition) is 2. The van der Waals surface area contributed by atoms with Crippen LogP contribution in [0.15, 0.2) is 12.1 Å². The third kappa shape index (κ3) is 2.53. The Balaban J connectivity index is 1.74. The van der Waals surface area contributed by atoms with E-state index < -0.39 is 0 Å². The number of aryl methyl sites for hydroxylation is 1. The minimum Gasteiger partial charge on any atom is -0.490 e. The lowest BCUT2D eigenvalue weighted by Crippen LogP contribution is -2.37. The average Bonchev–Trinajstić information content (AvgIpc) is 3.10. The Morgan fingerprint density at radius 2 is 2.19 bits per heavy atom. The zero-order valence-electron chi connectivity index (χ0n) is 12.8. The van der Waals surface area contributed by atoms with Crippen molar-refractivity contribution in [2.24, 2.45) is 17.6 Å². The van der Waals surface area contributed by atoms with Crippen molar-refractivity contribution in [2.75, 3.05) is 13.2 Å². The smallest absolute Gasteiger partial charge is 0.224 e. The maximum Gasteiger partial charge on any atom is 0.224 e. The van der Waals surface area contributed by atoms with E-state index in [1.165, 1.54) is 11.1 Å². The lowest BCUT2D eigenvalue weighted by Gasteiger charge is -2.20. The van der Waals surface area contributed by atoms with Gasteiger partial charge in [-0.2, -0.15) is 0 Å². The topological polar surface area (TPSA) is 64.3 Å². The molecule has 4 heteroatoms. The van der Waals surface area contributed by atoms with Crippen molar-refractivity contribution < 1.29 is 9.53 Å². The van der Waals surface area contributed by atoms with Crippen LogP contribution in [0.2, 0.25) is 0 Å². The highest BCUT2D eigenvalue weighted by atomic mass is 16.5. The zero-order chi connectivity index (χ0) is 15.0. The summed E-state index contributed by atoms with van der Waals surface area (Å²) in [5.74, 6) is 1.50. The molecular weight excluding hydrogens is 264 g/mol. The van der Waals surface area contributed by atoms with Crippen molar-refractivity contribution in [3.63, 3.8) is 0 Å². The molecule has 3 rings (SSSR count). The first-order chi connectivity index (χ1) is 10.1. The Bertz CT molecular complexity index is 556. The van der Waals surface area contributed by atoms with Gasteiger partial charge in [0.1, 0.15) is 12.4 Å². The highest BCUT2D eigenvalue weighted by molar-refractivity contribution is 5.80. The van der Waals surface area contributed by atoms with Gasteiger partial charge in [-0.3, -0.25) is 4.79 Å². The van der Waals surface area contributed by atoms with Crippen LogP contribution in [-0.2, 0) is 4.79 Å². The molecule has 1 amide bonds. The van der Waals surface area contributed by atoms with E-state index in [9.17, 15) is 4.79 Å². The molecule has 1 aliphatic carbocycles. The normalized spacial score (nSPS) is 27.3. The molecule has 3 atom stereocenters. The monoisotopic (exact) mass is 288 g/mol. The predicted octanol–water partition coefficient (Wildman–Crippen LogP) is 2.23. The second-order valence-electron chi connectivity index (χ2n) is 6.33. The van der Waals surface area contributed by atoms with E-state index in [1.807, 2.05) is 0 Å². The molecule has 0 spiro atoms. The quantitative estimate of drug-likeness (QED) is 0.896. The number of ether oxygens (including phenoxy) is 1. The van der Waals surface area contributed by atoms with Crippen molar-refractivity contribution in [1.29, 1.82) is 0 Å². The Morgan fingerprint density at radius 1 is 1.38 bits per heavy atom. The number of rotatable bonds is 3. The van der Waals surface area contributed by atoms with Crippen molar-refractivity contribution >= 4 is 5.91 Å². The number of hydrogen-bond acceptors (Lipinski definition) is 3. The molecule has 0 saturated heterocycles. The molecular formula is C17H24N2O2. The predicted molar refractivity (Wildman–Crippen MR) is 82.2 cm³/mol. The van der Waals surface area contributed by atoms with Gasteiger partial charge in [-0.05, 0) is 50.3 Å². The molecule has 0 aromatic heterocycles. The molecule has 3 N–H and O–H groups in total. The van der Waals surface area contributed by atoms with E-state index in [4.69, 9.17) is 10.5 Å². The number of amides is 1. The summed E-state index contributed by atoms with van der Waals surface area (Å²) in [5, 5.41) is 3.17. The van der Waals surface area contributed by atoms with E-state index in [1.54, 1.807) is 0 Å². The van der Waals surface area contributed by atoms with Gasteiger partial charge in [0.25, 0.3) is 0 Å². The molecule has 1 unspecified atom stereocenters. The van der Waals surface area contributed by atoms with Gasteiger partial charge < -0.3 is 15.8 Å². The molecule has 114 valence electrons. The maximum atomic E-state index is 12.5. The molecule has 0 radical (unpaired) electrons. The summed E-state index contributed by atoms with van der Waals surface area (Å²) in [6, 6.07) is 4.15. The Hall–Kier alpha value is -1.55. The largest absolute Gasteiger partial charge is 0.490 e. The molecule has 1 heterocycles. The van der Waals surface area contributed by atoms with Gasteiger partial charge in [0.05, 0.1) is 6.04 Å². The maximum absolute atomic E-state index is 12.5. The second-order valence-corrected chi connectivity index (χ2v) is 6.33. The highest BCUT2D eigenvalue weighted by Gasteiger charge is 2.35. The Kier molecular flexibility index (Phi) is 3.89. The van der Waals surface area contributed by atoms with Gasteiger partial charge in [-0.25, -0.2) is 0 Å². The van der Waals surface area contributed by atoms with Crippen LogP contribution >= 0.6 is 0 Å². The van der Waals surface area contributed by atoms with Gasteiger partial charge >= 0.3 is 0 Å². The minimum absolute atomic E-state index is 0.0224. The molecule has 1 aromatic carbocycles. The molecule has 1 aromatic rings. The zero-order valence-corrected chi connectivity index (χ0v) is 12.8. The average molecular weight is 288 g/mol. The molecule has 21 heavy (non-hydrogen) atoms. The van der Waals surface area contributed by atoms with Crippen LogP contribution in [0.3, 0.4) is 0 Å². The van der Waals surface area contributed by atoms with Crippen LogP contribution in [0, 0.1) is 25.7 Å². The van der Waals surface area contributed by atoms with Crippen molar-refractivity contribution in [2.45, 2.75) is 39.2 Å². The van der Waals surface area contributed by atoms with Crippen LogP contribution in [0.4, 0.5) is 0 Å². The first-order valence-electron chi connectivity index (χ1n) is 7.85. The fraction of sp³-hybridized carbons (Fsp3) is 0.588. The summed E-state index contributed by atoms with van der Waals surface area (Å²) in [7, 11) is 0. The van der Waals surface area contributed by atoms with Crippen LogP contribution in [0.25, 0.3) is 0 Å². The molecule has 4 nitrogen and oxygen atoms in total. The number of carbonyl (C=O) groups is 1. The van der Waals surface area contributed by atoms with Crippen LogP contribution < -0.4 is 15.8 Å². The van der Waals surface area contributed by atoms with Gasteiger partial charge in [0.15, 0.2) is 0 Å². The van der Waals surface area contributed by atoms with Gasteiger partial charge in [0.2, 0.25) is 5.91 Å². The van der Waals surface area contributed by atoms with E-state index in [-0.39, 0.29) is 17.9 Å². The van der Waals surface area contributed by atoms with Gasteiger partial charge in [-0.15, -0.1) is 0 Å². The fourth-order valence-corrected chi connectivity index (χ4v) is 3.60. The van der Waals surface area contributed by atoms with Crippen molar-refractivity contribution in [3.05, 3.63) is 28.8 Å². The third-order valence-electron chi connectivity index (χ3n) is 5.09. The number of nitrogens with two attached hydrogens (primary N) is 1. The lowest BCUT2D eigenvalue weighted by atomic mass is 9.94. The minimum atomic E-state index is -0.0224. The summed E-state index contributed by atoms with van der Waals surface area (Å²) in [4.78, 5) is 12.5. The van der Waals surface area contributed by atoms with E-state index in [0.717, 1.165) is 30.6 Å². The highest BCUT2D eigenvalue weighted by Crippen LogP contribution is 2.38. The summed E-state index contributed by atoms with van der Waals surface area (Å²) in [6.07, 6.45) is 3.14. The summed E-state index contributed by atoms with van der Waals surface area (Å²) in [5.41, 5.74) is 9.28. The summed E-state index contributed by atoms with van der Waals surface area (Å²) >= 11 is 0. The number of carbonyl (C=O) groups excluding carboxylic acids is 1. The molecule has 1 saturated carbocycles. The Morgan fingerprint density at radius 3 is 2.95 bits per heavy atom. The molecule has 0 bridgehead atoms. The first kappa shape index (κ1) is 14.4. The lowest BCUT2D eigenvalue weighted by molar-refractivity contribution is -0.126. The number of nitrogens with one attached hydrogen (secondary N) is 1. The van der Waals surface area contributed by atoms with Gasteiger partial charge in [-0.1, -0.05) is 18.6 Å². The SMILES string of the molecule is Cc1ccc2c(c1C)OCC2NC(=O)[C@@H]1CCC[C@@H]1CN. The van der Waals surface area contributed by atoms with Crippen molar-refractivity contribution in [1.82, 2.24) is 5.32 Å².